The zero-order valence-corrected chi connectivity index (χ0v) is 14.2. The van der Waals surface area contributed by atoms with Crippen LogP contribution in [0.3, 0.4) is 0 Å². The van der Waals surface area contributed by atoms with E-state index in [1.165, 1.54) is 0 Å². The van der Waals surface area contributed by atoms with Crippen LogP contribution in [0.1, 0.15) is 35.4 Å². The third kappa shape index (κ3) is 3.85. The summed E-state index contributed by atoms with van der Waals surface area (Å²) in [5.74, 6) is 1.82. The van der Waals surface area contributed by atoms with Crippen molar-refractivity contribution in [2.45, 2.75) is 44.4 Å². The lowest BCUT2D eigenvalue weighted by Gasteiger charge is -2.24. The van der Waals surface area contributed by atoms with E-state index >= 15 is 0 Å². The number of ether oxygens (including phenoxy) is 2. The van der Waals surface area contributed by atoms with Crippen molar-refractivity contribution >= 4 is 5.91 Å². The lowest BCUT2D eigenvalue weighted by molar-refractivity contribution is 0.0679. The highest BCUT2D eigenvalue weighted by atomic mass is 16.5. The summed E-state index contributed by atoms with van der Waals surface area (Å²) >= 11 is 0. The molecule has 2 aliphatic heterocycles. The molecule has 0 spiro atoms. The zero-order chi connectivity index (χ0) is 17.1. The molecule has 1 amide bonds. The van der Waals surface area contributed by atoms with Gasteiger partial charge in [-0.2, -0.15) is 0 Å². The van der Waals surface area contributed by atoms with E-state index in [2.05, 4.69) is 14.9 Å². The van der Waals surface area contributed by atoms with Gasteiger partial charge in [-0.3, -0.25) is 4.79 Å². The monoisotopic (exact) mass is 341 g/mol. The van der Waals surface area contributed by atoms with Gasteiger partial charge in [0, 0.05) is 43.6 Å². The Hall–Kier alpha value is -2.34. The molecular formula is C19H23N3O3. The van der Waals surface area contributed by atoms with E-state index in [9.17, 15) is 4.79 Å². The van der Waals surface area contributed by atoms with Gasteiger partial charge in [0.05, 0.1) is 6.10 Å². The topological polar surface area (TPSA) is 65.4 Å². The summed E-state index contributed by atoms with van der Waals surface area (Å²) in [6.45, 7) is 2.18. The number of nitrogens with zero attached hydrogens (tertiary/aromatic N) is 2. The number of rotatable bonds is 5. The number of hydrogen-bond donors (Lipinski definition) is 1. The molecule has 4 rings (SSSR count). The van der Waals surface area contributed by atoms with E-state index in [1.807, 2.05) is 36.7 Å². The Morgan fingerprint density at radius 1 is 1.32 bits per heavy atom. The maximum atomic E-state index is 12.4. The lowest BCUT2D eigenvalue weighted by atomic mass is 10.1. The van der Waals surface area contributed by atoms with Gasteiger partial charge in [0.15, 0.2) is 0 Å². The molecule has 0 saturated carbocycles. The van der Waals surface area contributed by atoms with Crippen LogP contribution >= 0.6 is 0 Å². The first-order valence-electron chi connectivity index (χ1n) is 8.93. The second-order valence-electron chi connectivity index (χ2n) is 6.68. The highest BCUT2D eigenvalue weighted by Gasteiger charge is 2.21. The number of fused-ring (bicyclic) bond motifs is 1. The molecule has 2 aliphatic rings. The lowest BCUT2D eigenvalue weighted by Crippen LogP contribution is -2.40. The maximum Gasteiger partial charge on any atom is 0.251 e. The van der Waals surface area contributed by atoms with Crippen molar-refractivity contribution in [3.8, 4) is 5.75 Å². The van der Waals surface area contributed by atoms with Gasteiger partial charge in [-0.05, 0) is 43.5 Å². The Kier molecular flexibility index (Phi) is 4.70. The second-order valence-corrected chi connectivity index (χ2v) is 6.68. The van der Waals surface area contributed by atoms with Gasteiger partial charge in [-0.15, -0.1) is 0 Å². The summed E-state index contributed by atoms with van der Waals surface area (Å²) in [6, 6.07) is 7.46. The van der Waals surface area contributed by atoms with Gasteiger partial charge in [-0.1, -0.05) is 0 Å². The molecule has 0 unspecified atom stereocenters. The Morgan fingerprint density at radius 3 is 3.00 bits per heavy atom. The molecule has 0 bridgehead atoms. The molecule has 1 N–H and O–H groups in total. The number of carbonyl (C=O) groups excluding carboxylic acids is 1. The van der Waals surface area contributed by atoms with Crippen LogP contribution < -0.4 is 10.1 Å². The molecule has 1 fully saturated rings. The molecule has 6 nitrogen and oxygen atoms in total. The van der Waals surface area contributed by atoms with Crippen LogP contribution in [0.25, 0.3) is 0 Å². The Labute approximate surface area is 147 Å². The van der Waals surface area contributed by atoms with Gasteiger partial charge in [0.1, 0.15) is 18.2 Å². The number of imidazole rings is 1. The summed E-state index contributed by atoms with van der Waals surface area (Å²) in [7, 11) is 0. The van der Waals surface area contributed by atoms with E-state index in [0.717, 1.165) is 50.4 Å². The van der Waals surface area contributed by atoms with Crippen molar-refractivity contribution in [2.24, 2.45) is 0 Å². The number of carbonyl (C=O) groups is 1. The Bertz CT molecular complexity index is 720. The molecule has 132 valence electrons. The van der Waals surface area contributed by atoms with Crippen LogP contribution in [0, 0.1) is 0 Å². The van der Waals surface area contributed by atoms with Gasteiger partial charge >= 0.3 is 0 Å². The predicted octanol–water partition coefficient (Wildman–Crippen LogP) is 2.19. The molecule has 0 aliphatic carbocycles. The SMILES string of the molecule is O=C(N[C@@H]1CCc2nccn2C1)c1ccc(OC[C@@H]2CCCO2)cc1. The number of aromatic nitrogens is 2. The maximum absolute atomic E-state index is 12.4. The molecule has 0 radical (unpaired) electrons. The van der Waals surface area contributed by atoms with Crippen LogP contribution in [0.4, 0.5) is 0 Å². The highest BCUT2D eigenvalue weighted by molar-refractivity contribution is 5.94. The van der Waals surface area contributed by atoms with Crippen molar-refractivity contribution in [3.63, 3.8) is 0 Å². The molecule has 1 saturated heterocycles. The minimum atomic E-state index is -0.0424. The van der Waals surface area contributed by atoms with E-state index in [1.54, 1.807) is 0 Å². The summed E-state index contributed by atoms with van der Waals surface area (Å²) < 4.78 is 13.4. The average Bonchev–Trinajstić information content (AvgIpc) is 3.31. The third-order valence-electron chi connectivity index (χ3n) is 4.85. The Morgan fingerprint density at radius 2 is 2.20 bits per heavy atom. The minimum absolute atomic E-state index is 0.0424. The summed E-state index contributed by atoms with van der Waals surface area (Å²) in [6.07, 6.45) is 7.96. The molecular weight excluding hydrogens is 318 g/mol. The number of hydrogen-bond acceptors (Lipinski definition) is 4. The van der Waals surface area contributed by atoms with E-state index in [4.69, 9.17) is 9.47 Å². The largest absolute Gasteiger partial charge is 0.491 e. The van der Waals surface area contributed by atoms with Crippen LogP contribution in [0.15, 0.2) is 36.7 Å². The van der Waals surface area contributed by atoms with Gasteiger partial charge in [0.25, 0.3) is 5.91 Å². The van der Waals surface area contributed by atoms with Crippen molar-refractivity contribution in [1.82, 2.24) is 14.9 Å². The quantitative estimate of drug-likeness (QED) is 0.905. The fraction of sp³-hybridized carbons (Fsp3) is 0.474. The van der Waals surface area contributed by atoms with Crippen molar-refractivity contribution in [3.05, 3.63) is 48.0 Å². The smallest absolute Gasteiger partial charge is 0.251 e. The first-order valence-corrected chi connectivity index (χ1v) is 8.93. The fourth-order valence-electron chi connectivity index (χ4n) is 3.42. The number of aryl methyl sites for hydroxylation is 1. The number of nitrogens with one attached hydrogen (secondary N) is 1. The summed E-state index contributed by atoms with van der Waals surface area (Å²) in [5, 5.41) is 3.11. The number of benzene rings is 1. The van der Waals surface area contributed by atoms with Crippen molar-refractivity contribution in [1.29, 1.82) is 0 Å². The van der Waals surface area contributed by atoms with Gasteiger partial charge in [-0.25, -0.2) is 4.98 Å². The van der Waals surface area contributed by atoms with Crippen LogP contribution in [-0.2, 0) is 17.7 Å². The standard InChI is InChI=1S/C19H23N3O3/c23-19(21-15-5-8-18-20-9-10-22(18)12-15)14-3-6-16(7-4-14)25-13-17-2-1-11-24-17/h3-4,6-7,9-10,15,17H,1-2,5,8,11-13H2,(H,21,23)/t15-,17+/m1/s1. The Balaban J connectivity index is 1.30. The summed E-state index contributed by atoms with van der Waals surface area (Å²) in [4.78, 5) is 16.8. The molecule has 1 aromatic heterocycles. The van der Waals surface area contributed by atoms with Crippen molar-refractivity contribution in [2.75, 3.05) is 13.2 Å². The molecule has 2 aromatic rings. The minimum Gasteiger partial charge on any atom is -0.491 e. The third-order valence-corrected chi connectivity index (χ3v) is 4.85. The zero-order valence-electron chi connectivity index (χ0n) is 14.2. The molecule has 3 heterocycles. The average molecular weight is 341 g/mol. The first-order chi connectivity index (χ1) is 12.3. The first kappa shape index (κ1) is 16.1. The second kappa shape index (κ2) is 7.27. The number of amides is 1. The van der Waals surface area contributed by atoms with Crippen LogP contribution in [-0.4, -0.2) is 40.8 Å². The van der Waals surface area contributed by atoms with Crippen LogP contribution in [0.5, 0.6) is 5.75 Å². The normalized spacial score (nSPS) is 22.4. The molecule has 2 atom stereocenters. The van der Waals surface area contributed by atoms with Gasteiger partial charge in [0.2, 0.25) is 0 Å². The molecule has 6 heteroatoms. The fourth-order valence-corrected chi connectivity index (χ4v) is 3.42. The molecule has 1 aromatic carbocycles. The van der Waals surface area contributed by atoms with E-state index in [-0.39, 0.29) is 18.1 Å². The van der Waals surface area contributed by atoms with Gasteiger partial charge < -0.3 is 19.4 Å². The predicted molar refractivity (Wildman–Crippen MR) is 92.7 cm³/mol. The van der Waals surface area contributed by atoms with Crippen molar-refractivity contribution < 1.29 is 14.3 Å². The highest BCUT2D eigenvalue weighted by Crippen LogP contribution is 2.17. The van der Waals surface area contributed by atoms with Crippen LogP contribution in [0.2, 0.25) is 0 Å². The summed E-state index contributed by atoms with van der Waals surface area (Å²) in [5.41, 5.74) is 0.654. The van der Waals surface area contributed by atoms with E-state index < -0.39 is 0 Å². The molecule has 25 heavy (non-hydrogen) atoms. The van der Waals surface area contributed by atoms with E-state index in [0.29, 0.717) is 12.2 Å².